The number of aromatic nitrogens is 1. The van der Waals surface area contributed by atoms with Crippen molar-refractivity contribution >= 4 is 38.4 Å². The molecule has 112 valence electrons. The number of nitrogens with one attached hydrogen (secondary N) is 2. The number of carbonyl (C=O) groups is 1. The number of carbonyl (C=O) groups excluding carboxylic acids is 1. The number of amides is 2. The zero-order valence-corrected chi connectivity index (χ0v) is 12.4. The van der Waals surface area contributed by atoms with Crippen LogP contribution in [0.1, 0.15) is 0 Å². The molecule has 2 aromatic carbocycles. The van der Waals surface area contributed by atoms with Gasteiger partial charge in [0, 0.05) is 0 Å². The maximum Gasteiger partial charge on any atom is 0.325 e. The number of hydrogen-bond donors (Lipinski definition) is 2. The smallest absolute Gasteiger partial charge is 0.325 e. The molecule has 2 amide bonds. The quantitative estimate of drug-likeness (QED) is 0.765. The topological polar surface area (TPSA) is 63.2 Å². The number of hydrogen-bond acceptors (Lipinski definition) is 4. The van der Waals surface area contributed by atoms with Crippen LogP contribution >= 0.6 is 11.3 Å². The number of para-hydroxylation sites is 2. The predicted molar refractivity (Wildman–Crippen MR) is 85.2 cm³/mol. The van der Waals surface area contributed by atoms with Crippen LogP contribution in [0.5, 0.6) is 5.75 Å². The Labute approximate surface area is 129 Å². The van der Waals surface area contributed by atoms with Gasteiger partial charge < -0.3 is 10.1 Å². The third-order valence-electron chi connectivity index (χ3n) is 2.94. The number of thiazole rings is 1. The second-order valence-electron chi connectivity index (χ2n) is 4.39. The number of urea groups is 1. The largest absolute Gasteiger partial charge is 0.494 e. The number of nitrogens with zero attached hydrogens (tertiary/aromatic N) is 1. The first kappa shape index (κ1) is 14.3. The summed E-state index contributed by atoms with van der Waals surface area (Å²) in [6.45, 7) is 0. The molecule has 3 aromatic rings. The fraction of sp³-hybridized carbons (Fsp3) is 0.0667. The molecule has 0 saturated carbocycles. The van der Waals surface area contributed by atoms with Gasteiger partial charge in [0.2, 0.25) is 0 Å². The molecular weight excluding hydrogens is 305 g/mol. The molecule has 1 heterocycles. The molecule has 5 nitrogen and oxygen atoms in total. The van der Waals surface area contributed by atoms with Gasteiger partial charge in [-0.05, 0) is 24.3 Å². The average molecular weight is 317 g/mol. The summed E-state index contributed by atoms with van der Waals surface area (Å²) in [5.41, 5.74) is 0.787. The van der Waals surface area contributed by atoms with Crippen LogP contribution in [-0.4, -0.2) is 18.1 Å². The summed E-state index contributed by atoms with van der Waals surface area (Å²) in [6.07, 6.45) is 0. The second-order valence-corrected chi connectivity index (χ2v) is 5.42. The number of benzene rings is 2. The zero-order chi connectivity index (χ0) is 15.5. The van der Waals surface area contributed by atoms with Crippen LogP contribution < -0.4 is 15.4 Å². The van der Waals surface area contributed by atoms with Crippen molar-refractivity contribution in [2.24, 2.45) is 0 Å². The minimum Gasteiger partial charge on any atom is -0.494 e. The highest BCUT2D eigenvalue weighted by Gasteiger charge is 2.12. The van der Waals surface area contributed by atoms with Crippen molar-refractivity contribution in [3.63, 3.8) is 0 Å². The van der Waals surface area contributed by atoms with E-state index in [4.69, 9.17) is 4.74 Å². The van der Waals surface area contributed by atoms with Gasteiger partial charge >= 0.3 is 6.03 Å². The van der Waals surface area contributed by atoms with Crippen LogP contribution in [0.25, 0.3) is 10.2 Å². The normalized spacial score (nSPS) is 10.5. The summed E-state index contributed by atoms with van der Waals surface area (Å²) in [6, 6.07) is 10.9. The number of ether oxygens (including phenoxy) is 1. The van der Waals surface area contributed by atoms with Gasteiger partial charge in [-0.2, -0.15) is 0 Å². The van der Waals surface area contributed by atoms with Gasteiger partial charge in [0.1, 0.15) is 17.1 Å². The SMILES string of the molecule is COc1cccc2sc(NC(=O)Nc3ccccc3F)nc12. The molecule has 3 rings (SSSR count). The van der Waals surface area contributed by atoms with Crippen molar-refractivity contribution in [3.8, 4) is 5.75 Å². The maximum atomic E-state index is 13.5. The molecule has 0 unspecified atom stereocenters. The molecule has 0 radical (unpaired) electrons. The van der Waals surface area contributed by atoms with E-state index in [0.29, 0.717) is 16.4 Å². The maximum absolute atomic E-state index is 13.5. The first-order valence-electron chi connectivity index (χ1n) is 6.43. The lowest BCUT2D eigenvalue weighted by Crippen LogP contribution is -2.19. The molecule has 0 fully saturated rings. The van der Waals surface area contributed by atoms with Crippen molar-refractivity contribution < 1.29 is 13.9 Å². The van der Waals surface area contributed by atoms with Crippen LogP contribution in [0.3, 0.4) is 0 Å². The van der Waals surface area contributed by atoms with E-state index in [-0.39, 0.29) is 5.69 Å². The summed E-state index contributed by atoms with van der Waals surface area (Å²) in [5, 5.41) is 5.45. The zero-order valence-electron chi connectivity index (χ0n) is 11.6. The van der Waals surface area contributed by atoms with Crippen LogP contribution in [0.15, 0.2) is 42.5 Å². The van der Waals surface area contributed by atoms with Crippen molar-refractivity contribution in [2.75, 3.05) is 17.7 Å². The molecule has 0 aliphatic rings. The van der Waals surface area contributed by atoms with E-state index < -0.39 is 11.8 Å². The number of methoxy groups -OCH3 is 1. The highest BCUT2D eigenvalue weighted by molar-refractivity contribution is 7.22. The lowest BCUT2D eigenvalue weighted by molar-refractivity contribution is 0.262. The van der Waals surface area contributed by atoms with Gasteiger partial charge in [0.25, 0.3) is 0 Å². The summed E-state index contributed by atoms with van der Waals surface area (Å²) in [4.78, 5) is 16.2. The third kappa shape index (κ3) is 2.84. The van der Waals surface area contributed by atoms with E-state index in [1.165, 1.54) is 23.5 Å². The van der Waals surface area contributed by atoms with E-state index in [1.807, 2.05) is 12.1 Å². The minimum atomic E-state index is -0.553. The Morgan fingerprint density at radius 1 is 1.18 bits per heavy atom. The van der Waals surface area contributed by atoms with Gasteiger partial charge in [0.05, 0.1) is 17.5 Å². The van der Waals surface area contributed by atoms with Crippen LogP contribution in [0.4, 0.5) is 20.0 Å². The average Bonchev–Trinajstić information content (AvgIpc) is 2.91. The molecular formula is C15H12FN3O2S. The van der Waals surface area contributed by atoms with Crippen molar-refractivity contribution in [1.82, 2.24) is 4.98 Å². The fourth-order valence-electron chi connectivity index (χ4n) is 1.95. The number of anilines is 2. The minimum absolute atomic E-state index is 0.110. The van der Waals surface area contributed by atoms with Gasteiger partial charge in [0.15, 0.2) is 5.13 Å². The van der Waals surface area contributed by atoms with Gasteiger partial charge in [-0.15, -0.1) is 0 Å². The van der Waals surface area contributed by atoms with Crippen LogP contribution in [0, 0.1) is 5.82 Å². The molecule has 0 atom stereocenters. The van der Waals surface area contributed by atoms with Gasteiger partial charge in [-0.25, -0.2) is 14.2 Å². The standard InChI is InChI=1S/C15H12FN3O2S/c1-21-11-7-4-8-12-13(11)18-15(22-12)19-14(20)17-10-6-3-2-5-9(10)16/h2-8H,1H3,(H2,17,18,19,20). The number of fused-ring (bicyclic) bond motifs is 1. The van der Waals surface area contributed by atoms with E-state index in [2.05, 4.69) is 15.6 Å². The summed E-state index contributed by atoms with van der Waals surface area (Å²) >= 11 is 1.31. The molecule has 0 spiro atoms. The van der Waals surface area contributed by atoms with E-state index in [9.17, 15) is 9.18 Å². The highest BCUT2D eigenvalue weighted by atomic mass is 32.1. The van der Waals surface area contributed by atoms with Crippen molar-refractivity contribution in [3.05, 3.63) is 48.3 Å². The molecule has 2 N–H and O–H groups in total. The lowest BCUT2D eigenvalue weighted by Gasteiger charge is -2.05. The van der Waals surface area contributed by atoms with Crippen molar-refractivity contribution in [1.29, 1.82) is 0 Å². The van der Waals surface area contributed by atoms with E-state index in [1.54, 1.807) is 25.3 Å². The predicted octanol–water partition coefficient (Wildman–Crippen LogP) is 4.09. The molecule has 22 heavy (non-hydrogen) atoms. The molecule has 1 aromatic heterocycles. The summed E-state index contributed by atoms with van der Waals surface area (Å²) < 4.78 is 19.6. The fourth-order valence-corrected chi connectivity index (χ4v) is 2.83. The van der Waals surface area contributed by atoms with Crippen LogP contribution in [0.2, 0.25) is 0 Å². The Morgan fingerprint density at radius 3 is 2.77 bits per heavy atom. The van der Waals surface area contributed by atoms with Gasteiger partial charge in [-0.1, -0.05) is 29.5 Å². The summed E-state index contributed by atoms with van der Waals surface area (Å²) in [5.74, 6) is 0.139. The van der Waals surface area contributed by atoms with Crippen LogP contribution in [-0.2, 0) is 0 Å². The number of rotatable bonds is 3. The Hall–Kier alpha value is -2.67. The highest BCUT2D eigenvalue weighted by Crippen LogP contribution is 2.32. The van der Waals surface area contributed by atoms with Gasteiger partial charge in [-0.3, -0.25) is 5.32 Å². The molecule has 0 saturated heterocycles. The van der Waals surface area contributed by atoms with Crippen molar-refractivity contribution in [2.45, 2.75) is 0 Å². The second kappa shape index (κ2) is 5.98. The van der Waals surface area contributed by atoms with E-state index >= 15 is 0 Å². The van der Waals surface area contributed by atoms with E-state index in [0.717, 1.165) is 4.70 Å². The molecule has 0 aliphatic carbocycles. The summed E-state index contributed by atoms with van der Waals surface area (Å²) in [7, 11) is 1.56. The number of halogens is 1. The Kier molecular flexibility index (Phi) is 3.88. The first-order chi connectivity index (χ1) is 10.7. The Bertz CT molecular complexity index is 835. The third-order valence-corrected chi connectivity index (χ3v) is 3.88. The Balaban J connectivity index is 1.78. The Morgan fingerprint density at radius 2 is 2.00 bits per heavy atom. The lowest BCUT2D eigenvalue weighted by atomic mass is 10.3. The monoisotopic (exact) mass is 317 g/mol. The first-order valence-corrected chi connectivity index (χ1v) is 7.25. The molecule has 0 aliphatic heterocycles. The molecule has 0 bridgehead atoms. The molecule has 7 heteroatoms.